The molecule has 0 saturated carbocycles. The zero-order valence-corrected chi connectivity index (χ0v) is 14.1. The van der Waals surface area contributed by atoms with Crippen LogP contribution in [0.4, 0.5) is 4.39 Å². The highest BCUT2D eigenvalue weighted by molar-refractivity contribution is 7.99. The van der Waals surface area contributed by atoms with Crippen LogP contribution in [-0.2, 0) is 4.79 Å². The van der Waals surface area contributed by atoms with Gasteiger partial charge in [-0.1, -0.05) is 6.07 Å². The summed E-state index contributed by atoms with van der Waals surface area (Å²) in [6.45, 7) is 7.46. The Morgan fingerprint density at radius 1 is 1.36 bits per heavy atom. The zero-order chi connectivity index (χ0) is 16.5. The minimum atomic E-state index is -0.514. The van der Waals surface area contributed by atoms with Crippen LogP contribution in [0.5, 0.6) is 0 Å². The molecule has 22 heavy (non-hydrogen) atoms. The van der Waals surface area contributed by atoms with Gasteiger partial charge in [-0.25, -0.2) is 4.39 Å². The third kappa shape index (κ3) is 3.80. The van der Waals surface area contributed by atoms with Crippen LogP contribution in [0.1, 0.15) is 36.7 Å². The van der Waals surface area contributed by atoms with Crippen LogP contribution in [0.2, 0.25) is 0 Å². The lowest BCUT2D eigenvalue weighted by Gasteiger charge is -2.28. The van der Waals surface area contributed by atoms with Crippen LogP contribution in [0.25, 0.3) is 0 Å². The van der Waals surface area contributed by atoms with Crippen LogP contribution < -0.4 is 5.32 Å². The van der Waals surface area contributed by atoms with E-state index in [2.05, 4.69) is 5.32 Å². The fraction of sp³-hybridized carbons (Fsp3) is 0.500. The first-order valence-electron chi connectivity index (χ1n) is 7.16. The van der Waals surface area contributed by atoms with E-state index in [9.17, 15) is 14.0 Å². The van der Waals surface area contributed by atoms with Crippen molar-refractivity contribution in [3.8, 4) is 0 Å². The number of hydrogen-bond donors (Lipinski definition) is 1. The molecule has 1 fully saturated rings. The summed E-state index contributed by atoms with van der Waals surface area (Å²) in [6, 6.07) is 3.63. The summed E-state index contributed by atoms with van der Waals surface area (Å²) in [7, 11) is 0. The first-order chi connectivity index (χ1) is 10.2. The second kappa shape index (κ2) is 6.28. The summed E-state index contributed by atoms with van der Waals surface area (Å²) >= 11 is 1.53. The lowest BCUT2D eigenvalue weighted by atomic mass is 10.1. The molecule has 1 N–H and O–H groups in total. The Kier molecular flexibility index (Phi) is 4.80. The maximum Gasteiger partial charge on any atom is 0.255 e. The Balaban J connectivity index is 2.21. The molecule has 1 aliphatic heterocycles. The lowest BCUT2D eigenvalue weighted by molar-refractivity contribution is -0.125. The van der Waals surface area contributed by atoms with Crippen molar-refractivity contribution in [3.63, 3.8) is 0 Å². The molecule has 2 amide bonds. The van der Waals surface area contributed by atoms with E-state index in [4.69, 9.17) is 0 Å². The van der Waals surface area contributed by atoms with E-state index in [0.29, 0.717) is 22.8 Å². The van der Waals surface area contributed by atoms with Crippen LogP contribution in [0.15, 0.2) is 18.2 Å². The summed E-state index contributed by atoms with van der Waals surface area (Å²) in [4.78, 5) is 26.6. The minimum Gasteiger partial charge on any atom is -0.350 e. The molecule has 6 heteroatoms. The van der Waals surface area contributed by atoms with Gasteiger partial charge < -0.3 is 10.2 Å². The standard InChI is InChI=1S/C16H21FN2O2S/c1-10-5-6-11(17)7-12(10)15(21)19-9-22-8-13(19)14(20)18-16(2,3)4/h5-7,13H,8-9H2,1-4H3,(H,18,20)/t13-/m1/s1. The van der Waals surface area contributed by atoms with Gasteiger partial charge in [0.05, 0.1) is 5.88 Å². The van der Waals surface area contributed by atoms with E-state index in [1.54, 1.807) is 13.0 Å². The molecule has 1 aliphatic rings. The molecule has 0 spiro atoms. The highest BCUT2D eigenvalue weighted by Crippen LogP contribution is 2.25. The second-order valence-electron chi connectivity index (χ2n) is 6.49. The van der Waals surface area contributed by atoms with Crippen molar-refractivity contribution in [2.45, 2.75) is 39.3 Å². The predicted molar refractivity (Wildman–Crippen MR) is 86.3 cm³/mol. The number of rotatable bonds is 2. The molecule has 4 nitrogen and oxygen atoms in total. The van der Waals surface area contributed by atoms with Gasteiger partial charge in [0.15, 0.2) is 0 Å². The van der Waals surface area contributed by atoms with Gasteiger partial charge in [-0.15, -0.1) is 11.8 Å². The number of nitrogens with zero attached hydrogens (tertiary/aromatic N) is 1. The van der Waals surface area contributed by atoms with Gasteiger partial charge in [-0.05, 0) is 45.4 Å². The Morgan fingerprint density at radius 3 is 2.68 bits per heavy atom. The number of aryl methyl sites for hydroxylation is 1. The highest BCUT2D eigenvalue weighted by atomic mass is 32.2. The van der Waals surface area contributed by atoms with Crippen LogP contribution in [0, 0.1) is 12.7 Å². The predicted octanol–water partition coefficient (Wildman–Crippen LogP) is 2.56. The average Bonchev–Trinajstić information content (AvgIpc) is 2.88. The highest BCUT2D eigenvalue weighted by Gasteiger charge is 2.36. The molecule has 0 aliphatic carbocycles. The fourth-order valence-electron chi connectivity index (χ4n) is 2.29. The molecule has 0 bridgehead atoms. The molecule has 2 rings (SSSR count). The van der Waals surface area contributed by atoms with Crippen molar-refractivity contribution in [2.75, 3.05) is 11.6 Å². The largest absolute Gasteiger partial charge is 0.350 e. The SMILES string of the molecule is Cc1ccc(F)cc1C(=O)N1CSC[C@@H]1C(=O)NC(C)(C)C. The zero-order valence-electron chi connectivity index (χ0n) is 13.3. The van der Waals surface area contributed by atoms with E-state index in [-0.39, 0.29) is 17.4 Å². The van der Waals surface area contributed by atoms with Gasteiger partial charge in [0.1, 0.15) is 11.9 Å². The lowest BCUT2D eigenvalue weighted by Crippen LogP contribution is -2.52. The molecule has 1 atom stereocenters. The molecule has 0 radical (unpaired) electrons. The van der Waals surface area contributed by atoms with Gasteiger partial charge in [0, 0.05) is 16.9 Å². The van der Waals surface area contributed by atoms with Crippen LogP contribution in [-0.4, -0.2) is 39.9 Å². The van der Waals surface area contributed by atoms with Gasteiger partial charge in [0.2, 0.25) is 5.91 Å². The topological polar surface area (TPSA) is 49.4 Å². The maximum absolute atomic E-state index is 13.4. The Morgan fingerprint density at radius 2 is 2.05 bits per heavy atom. The number of nitrogens with one attached hydrogen (secondary N) is 1. The summed E-state index contributed by atoms with van der Waals surface area (Å²) < 4.78 is 13.4. The average molecular weight is 324 g/mol. The van der Waals surface area contributed by atoms with Crippen molar-refractivity contribution >= 4 is 23.6 Å². The van der Waals surface area contributed by atoms with Crippen LogP contribution >= 0.6 is 11.8 Å². The molecule has 1 saturated heterocycles. The number of carbonyl (C=O) groups excluding carboxylic acids is 2. The fourth-order valence-corrected chi connectivity index (χ4v) is 3.45. The first kappa shape index (κ1) is 16.8. The molecule has 0 unspecified atom stereocenters. The Labute approximate surface area is 134 Å². The smallest absolute Gasteiger partial charge is 0.255 e. The van der Waals surface area contributed by atoms with Gasteiger partial charge in [-0.3, -0.25) is 9.59 Å². The maximum atomic E-state index is 13.4. The first-order valence-corrected chi connectivity index (χ1v) is 8.31. The number of carbonyl (C=O) groups is 2. The molecule has 0 aromatic heterocycles. The van der Waals surface area contributed by atoms with Gasteiger partial charge in [-0.2, -0.15) is 0 Å². The quantitative estimate of drug-likeness (QED) is 0.909. The van der Waals surface area contributed by atoms with Gasteiger partial charge >= 0.3 is 0 Å². The van der Waals surface area contributed by atoms with Crippen molar-refractivity contribution in [1.29, 1.82) is 0 Å². The van der Waals surface area contributed by atoms with E-state index in [1.807, 2.05) is 20.8 Å². The van der Waals surface area contributed by atoms with E-state index < -0.39 is 11.9 Å². The second-order valence-corrected chi connectivity index (χ2v) is 7.49. The van der Waals surface area contributed by atoms with Crippen molar-refractivity contribution in [1.82, 2.24) is 10.2 Å². The molecule has 120 valence electrons. The van der Waals surface area contributed by atoms with Crippen molar-refractivity contribution in [3.05, 3.63) is 35.1 Å². The molecular weight excluding hydrogens is 303 g/mol. The van der Waals surface area contributed by atoms with E-state index >= 15 is 0 Å². The molecule has 1 heterocycles. The van der Waals surface area contributed by atoms with Crippen molar-refractivity contribution in [2.24, 2.45) is 0 Å². The van der Waals surface area contributed by atoms with Gasteiger partial charge in [0.25, 0.3) is 5.91 Å². The summed E-state index contributed by atoms with van der Waals surface area (Å²) in [6.07, 6.45) is 0. The van der Waals surface area contributed by atoms with E-state index in [1.165, 1.54) is 28.8 Å². The van der Waals surface area contributed by atoms with Crippen LogP contribution in [0.3, 0.4) is 0 Å². The number of hydrogen-bond acceptors (Lipinski definition) is 3. The number of thioether (sulfide) groups is 1. The monoisotopic (exact) mass is 324 g/mol. The van der Waals surface area contributed by atoms with E-state index in [0.717, 1.165) is 0 Å². The third-order valence-corrected chi connectivity index (χ3v) is 4.39. The minimum absolute atomic E-state index is 0.167. The van der Waals surface area contributed by atoms with Crippen molar-refractivity contribution < 1.29 is 14.0 Å². The normalized spacial score (nSPS) is 18.4. The summed E-state index contributed by atoms with van der Waals surface area (Å²) in [5.41, 5.74) is 0.669. The Hall–Kier alpha value is -1.56. The molecule has 1 aromatic rings. The summed E-state index contributed by atoms with van der Waals surface area (Å²) in [5, 5.41) is 2.90. The number of halogens is 1. The molecular formula is C16H21FN2O2S. The molecule has 1 aromatic carbocycles. The number of amides is 2. The number of benzene rings is 1. The third-order valence-electron chi connectivity index (χ3n) is 3.37. The Bertz CT molecular complexity index is 598. The summed E-state index contributed by atoms with van der Waals surface area (Å²) in [5.74, 6) is 0.0893.